The number of halogens is 2. The molecule has 4 heteroatoms. The van der Waals surface area contributed by atoms with Gasteiger partial charge in [-0.05, 0) is 24.5 Å². The highest BCUT2D eigenvalue weighted by molar-refractivity contribution is 6.31. The summed E-state index contributed by atoms with van der Waals surface area (Å²) in [5, 5.41) is 0.748. The fourth-order valence-corrected chi connectivity index (χ4v) is 1.63. The Kier molecular flexibility index (Phi) is 5.23. The van der Waals surface area contributed by atoms with E-state index in [9.17, 15) is 0 Å². The van der Waals surface area contributed by atoms with Gasteiger partial charge in [0.25, 0.3) is 0 Å². The predicted octanol–water partition coefficient (Wildman–Crippen LogP) is 2.92. The number of rotatable bonds is 5. The molecule has 0 spiro atoms. The number of hydrogen-bond donors (Lipinski definition) is 0. The summed E-state index contributed by atoms with van der Waals surface area (Å²) >= 11 is 11.9. The Balaban J connectivity index is 2.41. The second kappa shape index (κ2) is 6.23. The Labute approximate surface area is 94.2 Å². The standard InChI is InChI=1S/C10H13Cl2NO/c1-14-7-9(11)3-2-8-4-5-13-6-10(8)12/h4-6,9H,2-3,7H2,1H3. The van der Waals surface area contributed by atoms with Crippen LogP contribution in [0.15, 0.2) is 18.5 Å². The zero-order valence-electron chi connectivity index (χ0n) is 8.04. The molecular formula is C10H13Cl2NO. The van der Waals surface area contributed by atoms with Gasteiger partial charge in [-0.1, -0.05) is 11.6 Å². The fraction of sp³-hybridized carbons (Fsp3) is 0.500. The maximum atomic E-state index is 6.00. The van der Waals surface area contributed by atoms with Gasteiger partial charge in [-0.3, -0.25) is 4.98 Å². The lowest BCUT2D eigenvalue weighted by atomic mass is 10.1. The van der Waals surface area contributed by atoms with E-state index < -0.39 is 0 Å². The molecule has 1 rings (SSSR count). The van der Waals surface area contributed by atoms with Crippen LogP contribution in [-0.4, -0.2) is 24.1 Å². The maximum absolute atomic E-state index is 6.00. The molecule has 1 heterocycles. The van der Waals surface area contributed by atoms with Crippen molar-refractivity contribution in [2.24, 2.45) is 0 Å². The third-order valence-corrected chi connectivity index (χ3v) is 2.62. The number of nitrogens with zero attached hydrogens (tertiary/aromatic N) is 1. The zero-order valence-corrected chi connectivity index (χ0v) is 9.55. The summed E-state index contributed by atoms with van der Waals surface area (Å²) in [7, 11) is 1.65. The molecule has 1 atom stereocenters. The summed E-state index contributed by atoms with van der Waals surface area (Å²) in [5.41, 5.74) is 1.09. The van der Waals surface area contributed by atoms with Crippen LogP contribution in [0.25, 0.3) is 0 Å². The number of aromatic nitrogens is 1. The van der Waals surface area contributed by atoms with E-state index in [0.29, 0.717) is 11.6 Å². The van der Waals surface area contributed by atoms with Crippen LogP contribution in [0.2, 0.25) is 5.02 Å². The second-order valence-electron chi connectivity index (χ2n) is 3.06. The number of ether oxygens (including phenoxy) is 1. The largest absolute Gasteiger partial charge is 0.383 e. The summed E-state index contributed by atoms with van der Waals surface area (Å²) < 4.78 is 4.94. The molecule has 0 saturated heterocycles. The van der Waals surface area contributed by atoms with Gasteiger partial charge in [0.2, 0.25) is 0 Å². The van der Waals surface area contributed by atoms with Gasteiger partial charge in [-0.25, -0.2) is 0 Å². The van der Waals surface area contributed by atoms with Crippen LogP contribution >= 0.6 is 23.2 Å². The molecule has 0 bridgehead atoms. The predicted molar refractivity (Wildman–Crippen MR) is 59.1 cm³/mol. The van der Waals surface area contributed by atoms with Crippen LogP contribution in [0.5, 0.6) is 0 Å². The topological polar surface area (TPSA) is 22.1 Å². The summed E-state index contributed by atoms with van der Waals surface area (Å²) in [6.07, 6.45) is 5.11. The average Bonchev–Trinajstić information content (AvgIpc) is 2.17. The van der Waals surface area contributed by atoms with E-state index in [2.05, 4.69) is 4.98 Å². The summed E-state index contributed by atoms with van der Waals surface area (Å²) in [4.78, 5) is 3.92. The van der Waals surface area contributed by atoms with Crippen molar-refractivity contribution in [3.05, 3.63) is 29.0 Å². The van der Waals surface area contributed by atoms with Gasteiger partial charge >= 0.3 is 0 Å². The lowest BCUT2D eigenvalue weighted by molar-refractivity contribution is 0.195. The first-order chi connectivity index (χ1) is 6.74. The number of pyridine rings is 1. The third kappa shape index (κ3) is 3.82. The van der Waals surface area contributed by atoms with E-state index in [1.807, 2.05) is 6.07 Å². The molecule has 0 saturated carbocycles. The van der Waals surface area contributed by atoms with Gasteiger partial charge in [0.1, 0.15) is 0 Å². The third-order valence-electron chi connectivity index (χ3n) is 1.93. The van der Waals surface area contributed by atoms with Crippen molar-refractivity contribution in [1.82, 2.24) is 4.98 Å². The Hall–Kier alpha value is -0.310. The lowest BCUT2D eigenvalue weighted by Gasteiger charge is -2.08. The monoisotopic (exact) mass is 233 g/mol. The highest BCUT2D eigenvalue weighted by Gasteiger charge is 2.06. The second-order valence-corrected chi connectivity index (χ2v) is 4.08. The molecule has 0 aliphatic heterocycles. The van der Waals surface area contributed by atoms with Crippen molar-refractivity contribution >= 4 is 23.2 Å². The molecule has 1 aromatic heterocycles. The van der Waals surface area contributed by atoms with Gasteiger partial charge in [0.15, 0.2) is 0 Å². The fourth-order valence-electron chi connectivity index (χ4n) is 1.18. The number of alkyl halides is 1. The van der Waals surface area contributed by atoms with Crippen LogP contribution in [0.3, 0.4) is 0 Å². The van der Waals surface area contributed by atoms with Gasteiger partial charge in [-0.15, -0.1) is 11.6 Å². The van der Waals surface area contributed by atoms with E-state index in [4.69, 9.17) is 27.9 Å². The van der Waals surface area contributed by atoms with E-state index in [0.717, 1.165) is 18.4 Å². The molecule has 1 unspecified atom stereocenters. The molecule has 0 aliphatic rings. The Morgan fingerprint density at radius 1 is 1.57 bits per heavy atom. The summed E-state index contributed by atoms with van der Waals surface area (Å²) in [6, 6.07) is 1.92. The minimum absolute atomic E-state index is 0.0456. The van der Waals surface area contributed by atoms with E-state index in [-0.39, 0.29) is 5.38 Å². The number of methoxy groups -OCH3 is 1. The molecule has 0 aromatic carbocycles. The van der Waals surface area contributed by atoms with Gasteiger partial charge in [0, 0.05) is 19.5 Å². The van der Waals surface area contributed by atoms with Crippen LogP contribution in [-0.2, 0) is 11.2 Å². The molecule has 0 N–H and O–H groups in total. The van der Waals surface area contributed by atoms with Gasteiger partial charge in [0.05, 0.1) is 17.0 Å². The minimum atomic E-state index is 0.0456. The number of aryl methyl sites for hydroxylation is 1. The Bertz CT molecular complexity index is 281. The Morgan fingerprint density at radius 2 is 2.36 bits per heavy atom. The quantitative estimate of drug-likeness (QED) is 0.731. The first-order valence-corrected chi connectivity index (χ1v) is 5.27. The zero-order chi connectivity index (χ0) is 10.4. The average molecular weight is 234 g/mol. The minimum Gasteiger partial charge on any atom is -0.383 e. The van der Waals surface area contributed by atoms with Crippen molar-refractivity contribution in [2.45, 2.75) is 18.2 Å². The van der Waals surface area contributed by atoms with Gasteiger partial charge < -0.3 is 4.74 Å². The normalized spacial score (nSPS) is 12.8. The summed E-state index contributed by atoms with van der Waals surface area (Å²) in [6.45, 7) is 0.574. The van der Waals surface area contributed by atoms with Crippen molar-refractivity contribution in [3.63, 3.8) is 0 Å². The molecule has 0 amide bonds. The van der Waals surface area contributed by atoms with Crippen LogP contribution in [0.1, 0.15) is 12.0 Å². The van der Waals surface area contributed by atoms with Crippen molar-refractivity contribution in [2.75, 3.05) is 13.7 Å². The maximum Gasteiger partial charge on any atom is 0.0626 e. The summed E-state index contributed by atoms with van der Waals surface area (Å²) in [5.74, 6) is 0. The molecule has 0 fully saturated rings. The van der Waals surface area contributed by atoms with E-state index >= 15 is 0 Å². The van der Waals surface area contributed by atoms with Crippen LogP contribution < -0.4 is 0 Å². The van der Waals surface area contributed by atoms with E-state index in [1.54, 1.807) is 19.5 Å². The first kappa shape index (κ1) is 11.8. The molecule has 2 nitrogen and oxygen atoms in total. The smallest absolute Gasteiger partial charge is 0.0626 e. The Morgan fingerprint density at radius 3 is 3.00 bits per heavy atom. The molecule has 78 valence electrons. The highest BCUT2D eigenvalue weighted by Crippen LogP contribution is 2.17. The van der Waals surface area contributed by atoms with Crippen molar-refractivity contribution in [3.8, 4) is 0 Å². The highest BCUT2D eigenvalue weighted by atomic mass is 35.5. The molecule has 1 aromatic rings. The SMILES string of the molecule is COCC(Cl)CCc1ccncc1Cl. The molecule has 0 aliphatic carbocycles. The first-order valence-electron chi connectivity index (χ1n) is 4.45. The molecule has 14 heavy (non-hydrogen) atoms. The van der Waals surface area contributed by atoms with Gasteiger partial charge in [-0.2, -0.15) is 0 Å². The molecular weight excluding hydrogens is 221 g/mol. The van der Waals surface area contributed by atoms with Crippen LogP contribution in [0, 0.1) is 0 Å². The van der Waals surface area contributed by atoms with E-state index in [1.165, 1.54) is 0 Å². The number of hydrogen-bond acceptors (Lipinski definition) is 2. The van der Waals surface area contributed by atoms with Crippen molar-refractivity contribution < 1.29 is 4.74 Å². The van der Waals surface area contributed by atoms with Crippen molar-refractivity contribution in [1.29, 1.82) is 0 Å². The molecule has 0 radical (unpaired) electrons. The lowest BCUT2D eigenvalue weighted by Crippen LogP contribution is -2.08. The van der Waals surface area contributed by atoms with Crippen LogP contribution in [0.4, 0.5) is 0 Å².